The van der Waals surface area contributed by atoms with Gasteiger partial charge < -0.3 is 9.88 Å². The normalized spacial score (nSPS) is 15.2. The molecule has 30 heavy (non-hydrogen) atoms. The zero-order valence-corrected chi connectivity index (χ0v) is 18.4. The monoisotopic (exact) mass is 487 g/mol. The molecule has 152 valence electrons. The molecule has 0 unspecified atom stereocenters. The van der Waals surface area contributed by atoms with E-state index in [0.29, 0.717) is 26.4 Å². The predicted molar refractivity (Wildman–Crippen MR) is 118 cm³/mol. The van der Waals surface area contributed by atoms with Gasteiger partial charge in [-0.15, -0.1) is 0 Å². The summed E-state index contributed by atoms with van der Waals surface area (Å²) >= 11 is 9.15. The van der Waals surface area contributed by atoms with Crippen LogP contribution in [0.5, 0.6) is 0 Å². The maximum Gasteiger partial charge on any atom is 0.333 e. The van der Waals surface area contributed by atoms with Crippen molar-refractivity contribution in [2.45, 2.75) is 13.8 Å². The third kappa shape index (κ3) is 3.55. The van der Waals surface area contributed by atoms with Gasteiger partial charge in [-0.25, -0.2) is 14.1 Å². The molecule has 0 radical (unpaired) electrons. The Bertz CT molecular complexity index is 1220. The number of rotatable bonds is 3. The highest BCUT2D eigenvalue weighted by Gasteiger charge is 2.35. The van der Waals surface area contributed by atoms with Gasteiger partial charge in [-0.1, -0.05) is 27.5 Å². The summed E-state index contributed by atoms with van der Waals surface area (Å²) in [7, 11) is 0. The first-order valence-corrected chi connectivity index (χ1v) is 10.2. The van der Waals surface area contributed by atoms with Crippen molar-refractivity contribution in [1.82, 2.24) is 9.88 Å². The van der Waals surface area contributed by atoms with E-state index in [0.717, 1.165) is 16.3 Å². The molecule has 0 spiro atoms. The van der Waals surface area contributed by atoms with Gasteiger partial charge in [0.05, 0.1) is 11.4 Å². The number of amides is 3. The van der Waals surface area contributed by atoms with E-state index in [1.54, 1.807) is 47.0 Å². The number of imide groups is 1. The number of nitrogens with zero attached hydrogens (tertiary/aromatic N) is 2. The summed E-state index contributed by atoms with van der Waals surface area (Å²) in [5, 5.41) is 3.11. The van der Waals surface area contributed by atoms with Gasteiger partial charge in [-0.3, -0.25) is 4.79 Å². The number of benzene rings is 2. The zero-order chi connectivity index (χ0) is 21.6. The largest absolute Gasteiger partial charge is 0.333 e. The molecule has 1 aliphatic rings. The van der Waals surface area contributed by atoms with Crippen molar-refractivity contribution in [2.24, 2.45) is 0 Å². The molecule has 0 bridgehead atoms. The van der Waals surface area contributed by atoms with Crippen molar-refractivity contribution in [3.05, 3.63) is 86.5 Å². The minimum Gasteiger partial charge on any atom is -0.315 e. The summed E-state index contributed by atoms with van der Waals surface area (Å²) in [6, 6.07) is 12.6. The van der Waals surface area contributed by atoms with Crippen molar-refractivity contribution in [1.29, 1.82) is 0 Å². The number of carbonyl (C=O) groups is 2. The highest BCUT2D eigenvalue weighted by atomic mass is 79.9. The van der Waals surface area contributed by atoms with Gasteiger partial charge in [0, 0.05) is 20.9 Å². The van der Waals surface area contributed by atoms with Crippen LogP contribution in [0.3, 0.4) is 0 Å². The fraction of sp³-hybridized carbons (Fsp3) is 0.0909. The van der Waals surface area contributed by atoms with E-state index in [-0.39, 0.29) is 11.5 Å². The molecule has 4 rings (SSSR count). The third-order valence-corrected chi connectivity index (χ3v) is 5.63. The van der Waals surface area contributed by atoms with E-state index in [9.17, 15) is 14.0 Å². The quantitative estimate of drug-likeness (QED) is 0.377. The minimum atomic E-state index is -0.540. The van der Waals surface area contributed by atoms with Gasteiger partial charge in [-0.05, 0) is 74.0 Å². The summed E-state index contributed by atoms with van der Waals surface area (Å²) in [5.41, 5.74) is 3.22. The summed E-state index contributed by atoms with van der Waals surface area (Å²) in [6.07, 6.45) is 1.60. The fourth-order valence-corrected chi connectivity index (χ4v) is 3.94. The molecule has 1 N–H and O–H groups in total. The summed E-state index contributed by atoms with van der Waals surface area (Å²) in [6.45, 7) is 3.69. The van der Waals surface area contributed by atoms with Crippen LogP contribution in [0.4, 0.5) is 14.9 Å². The molecule has 1 fully saturated rings. The van der Waals surface area contributed by atoms with Gasteiger partial charge in [0.15, 0.2) is 0 Å². The van der Waals surface area contributed by atoms with Crippen LogP contribution < -0.4 is 10.2 Å². The molecule has 0 atom stereocenters. The highest BCUT2D eigenvalue weighted by molar-refractivity contribution is 9.10. The van der Waals surface area contributed by atoms with Crippen molar-refractivity contribution in [3.63, 3.8) is 0 Å². The minimum absolute atomic E-state index is 0.145. The van der Waals surface area contributed by atoms with Gasteiger partial charge in [0.2, 0.25) is 0 Å². The number of hydrogen-bond donors (Lipinski definition) is 1. The molecule has 3 aromatic rings. The average molecular weight is 489 g/mol. The van der Waals surface area contributed by atoms with E-state index < -0.39 is 11.9 Å². The van der Waals surface area contributed by atoms with Crippen LogP contribution in [-0.2, 0) is 4.79 Å². The smallest absolute Gasteiger partial charge is 0.315 e. The van der Waals surface area contributed by atoms with Crippen LogP contribution in [-0.4, -0.2) is 16.5 Å². The molecule has 8 heteroatoms. The zero-order valence-electron chi connectivity index (χ0n) is 16.0. The van der Waals surface area contributed by atoms with E-state index in [1.807, 2.05) is 19.9 Å². The van der Waals surface area contributed by atoms with Crippen molar-refractivity contribution in [2.75, 3.05) is 4.90 Å². The maximum atomic E-state index is 14.5. The Morgan fingerprint density at radius 2 is 1.77 bits per heavy atom. The van der Waals surface area contributed by atoms with Crippen LogP contribution in [0, 0.1) is 19.7 Å². The number of nitrogens with one attached hydrogen (secondary N) is 1. The van der Waals surface area contributed by atoms with Gasteiger partial charge in [0.25, 0.3) is 5.91 Å². The highest BCUT2D eigenvalue weighted by Crippen LogP contribution is 2.28. The van der Waals surface area contributed by atoms with E-state index in [1.165, 1.54) is 6.07 Å². The van der Waals surface area contributed by atoms with Crippen molar-refractivity contribution in [3.8, 4) is 5.69 Å². The first-order valence-electron chi connectivity index (χ1n) is 9.03. The standard InChI is InChI=1S/C22H16BrClFN3O2/c1-12-9-14(13(2)27(12)20-8-3-15(23)11-18(20)25)10-19-21(29)28(22(30)26-19)17-6-4-16(24)5-7-17/h3-11H,1-2H3,(H,26,30)/b19-10+. The lowest BCUT2D eigenvalue weighted by Gasteiger charge is -2.11. The van der Waals surface area contributed by atoms with Gasteiger partial charge in [0.1, 0.15) is 11.5 Å². The fourth-order valence-electron chi connectivity index (χ4n) is 3.48. The van der Waals surface area contributed by atoms with Gasteiger partial charge in [-0.2, -0.15) is 0 Å². The molecular weight excluding hydrogens is 473 g/mol. The second kappa shape index (κ2) is 7.74. The van der Waals surface area contributed by atoms with Crippen molar-refractivity contribution < 1.29 is 14.0 Å². The molecular formula is C22H16BrClFN3O2. The molecule has 1 aromatic heterocycles. The Labute approximate surface area is 185 Å². The Morgan fingerprint density at radius 3 is 2.43 bits per heavy atom. The molecule has 0 saturated carbocycles. The lowest BCUT2D eigenvalue weighted by atomic mass is 10.2. The van der Waals surface area contributed by atoms with Crippen LogP contribution in [0.25, 0.3) is 11.8 Å². The van der Waals surface area contributed by atoms with E-state index >= 15 is 0 Å². The number of hydrogen-bond acceptors (Lipinski definition) is 2. The lowest BCUT2D eigenvalue weighted by Crippen LogP contribution is -2.30. The summed E-state index contributed by atoms with van der Waals surface area (Å²) < 4.78 is 16.9. The average Bonchev–Trinajstić information content (AvgIpc) is 3.12. The van der Waals surface area contributed by atoms with Crippen LogP contribution in [0.15, 0.2) is 58.7 Å². The number of carbonyl (C=O) groups excluding carboxylic acids is 2. The maximum absolute atomic E-state index is 14.5. The first kappa shape index (κ1) is 20.4. The SMILES string of the molecule is Cc1cc(/C=C2/NC(=O)N(c3ccc(Cl)cc3)C2=O)c(C)n1-c1ccc(Br)cc1F. The molecule has 5 nitrogen and oxygen atoms in total. The number of urea groups is 1. The van der Waals surface area contributed by atoms with Crippen molar-refractivity contribution >= 4 is 51.2 Å². The number of aromatic nitrogens is 1. The first-order chi connectivity index (χ1) is 14.3. The predicted octanol–water partition coefficient (Wildman–Crippen LogP) is 5.75. The Balaban J connectivity index is 1.71. The molecule has 1 aliphatic heterocycles. The molecule has 1 saturated heterocycles. The van der Waals surface area contributed by atoms with Gasteiger partial charge >= 0.3 is 6.03 Å². The number of anilines is 1. The summed E-state index contributed by atoms with van der Waals surface area (Å²) in [5.74, 6) is -0.841. The Morgan fingerprint density at radius 1 is 1.07 bits per heavy atom. The topological polar surface area (TPSA) is 54.3 Å². The third-order valence-electron chi connectivity index (χ3n) is 4.88. The van der Waals surface area contributed by atoms with Crippen LogP contribution in [0.1, 0.15) is 17.0 Å². The molecule has 0 aliphatic carbocycles. The molecule has 2 heterocycles. The molecule has 2 aromatic carbocycles. The van der Waals surface area contributed by atoms with Crippen LogP contribution >= 0.6 is 27.5 Å². The Hall–Kier alpha value is -2.90. The van der Waals surface area contributed by atoms with E-state index in [2.05, 4.69) is 21.2 Å². The molecule has 3 amide bonds. The Kier molecular flexibility index (Phi) is 5.26. The number of aryl methyl sites for hydroxylation is 1. The lowest BCUT2D eigenvalue weighted by molar-refractivity contribution is -0.113. The summed E-state index contributed by atoms with van der Waals surface area (Å²) in [4.78, 5) is 26.3. The second-order valence-corrected chi connectivity index (χ2v) is 8.21. The van der Waals surface area contributed by atoms with E-state index in [4.69, 9.17) is 11.6 Å². The number of halogens is 3. The second-order valence-electron chi connectivity index (χ2n) is 6.86. The van der Waals surface area contributed by atoms with Crippen LogP contribution in [0.2, 0.25) is 5.02 Å².